The zero-order valence-electron chi connectivity index (χ0n) is 8.72. The van der Waals surface area contributed by atoms with Crippen LogP contribution in [0.2, 0.25) is 0 Å². The van der Waals surface area contributed by atoms with E-state index in [1.807, 2.05) is 0 Å². The van der Waals surface area contributed by atoms with Crippen molar-refractivity contribution in [1.82, 2.24) is 5.32 Å². The number of hydrogen-bond acceptors (Lipinski definition) is 1. The summed E-state index contributed by atoms with van der Waals surface area (Å²) >= 11 is 0. The third-order valence-electron chi connectivity index (χ3n) is 3.49. The van der Waals surface area contributed by atoms with Gasteiger partial charge in [-0.1, -0.05) is 23.8 Å². The highest BCUT2D eigenvalue weighted by molar-refractivity contribution is 5.36. The Labute approximate surface area is 85.5 Å². The monoisotopic (exact) mass is 187 g/mol. The zero-order valence-corrected chi connectivity index (χ0v) is 8.72. The molecule has 0 aromatic heterocycles. The third kappa shape index (κ3) is 1.36. The van der Waals surface area contributed by atoms with E-state index in [-0.39, 0.29) is 0 Å². The maximum absolute atomic E-state index is 3.66. The Morgan fingerprint density at radius 3 is 2.93 bits per heavy atom. The number of aryl methyl sites for hydroxylation is 1. The van der Waals surface area contributed by atoms with E-state index in [1.54, 1.807) is 11.1 Å². The van der Waals surface area contributed by atoms with Gasteiger partial charge in [-0.3, -0.25) is 0 Å². The summed E-state index contributed by atoms with van der Waals surface area (Å²) in [7, 11) is 0. The molecule has 0 spiro atoms. The number of fused-ring (bicyclic) bond motifs is 1. The molecule has 1 saturated carbocycles. The first-order valence-electron chi connectivity index (χ1n) is 5.67. The molecular formula is C13H17N. The molecule has 1 unspecified atom stereocenters. The molecule has 0 bridgehead atoms. The van der Waals surface area contributed by atoms with Gasteiger partial charge in [0.2, 0.25) is 0 Å². The van der Waals surface area contributed by atoms with Crippen LogP contribution in [0.1, 0.15) is 35.6 Å². The minimum absolute atomic E-state index is 0.666. The molecule has 3 rings (SSSR count). The van der Waals surface area contributed by atoms with E-state index in [0.717, 1.165) is 12.5 Å². The average molecular weight is 187 g/mol. The average Bonchev–Trinajstić information content (AvgIpc) is 2.99. The standard InChI is InChI=1S/C13H17N/c1-9-2-5-12-11(8-9)6-7-14-13(12)10-3-4-10/h2,5,8,10,13-14H,3-4,6-7H2,1H3. The van der Waals surface area contributed by atoms with Crippen LogP contribution in [0, 0.1) is 12.8 Å². The normalized spacial score (nSPS) is 25.9. The Hall–Kier alpha value is -0.820. The van der Waals surface area contributed by atoms with Crippen molar-refractivity contribution >= 4 is 0 Å². The van der Waals surface area contributed by atoms with Gasteiger partial charge >= 0.3 is 0 Å². The summed E-state index contributed by atoms with van der Waals surface area (Å²) in [6.45, 7) is 3.35. The molecule has 0 radical (unpaired) electrons. The molecule has 1 N–H and O–H groups in total. The molecule has 1 nitrogen and oxygen atoms in total. The predicted octanol–water partition coefficient (Wildman–Crippen LogP) is 2.59. The van der Waals surface area contributed by atoms with Gasteiger partial charge in [-0.2, -0.15) is 0 Å². The van der Waals surface area contributed by atoms with Crippen LogP contribution in [0.25, 0.3) is 0 Å². The van der Waals surface area contributed by atoms with Crippen LogP contribution in [0.3, 0.4) is 0 Å². The van der Waals surface area contributed by atoms with Gasteiger partial charge in [-0.15, -0.1) is 0 Å². The first-order chi connectivity index (χ1) is 6.84. The Bertz CT molecular complexity index is 352. The molecular weight excluding hydrogens is 170 g/mol. The van der Waals surface area contributed by atoms with E-state index >= 15 is 0 Å². The van der Waals surface area contributed by atoms with E-state index in [4.69, 9.17) is 0 Å². The van der Waals surface area contributed by atoms with Crippen LogP contribution < -0.4 is 5.32 Å². The summed E-state index contributed by atoms with van der Waals surface area (Å²) in [5, 5.41) is 3.66. The van der Waals surface area contributed by atoms with Gasteiger partial charge < -0.3 is 5.32 Å². The van der Waals surface area contributed by atoms with Crippen LogP contribution >= 0.6 is 0 Å². The van der Waals surface area contributed by atoms with Gasteiger partial charge in [-0.05, 0) is 49.8 Å². The molecule has 1 fully saturated rings. The maximum atomic E-state index is 3.66. The number of nitrogens with one attached hydrogen (secondary N) is 1. The van der Waals surface area contributed by atoms with Crippen molar-refractivity contribution in [3.05, 3.63) is 34.9 Å². The van der Waals surface area contributed by atoms with Gasteiger partial charge in [0.25, 0.3) is 0 Å². The Morgan fingerprint density at radius 2 is 2.14 bits per heavy atom. The topological polar surface area (TPSA) is 12.0 Å². The number of rotatable bonds is 1. The number of benzene rings is 1. The van der Waals surface area contributed by atoms with E-state index in [1.165, 1.54) is 24.8 Å². The van der Waals surface area contributed by atoms with Crippen molar-refractivity contribution < 1.29 is 0 Å². The molecule has 14 heavy (non-hydrogen) atoms. The van der Waals surface area contributed by atoms with Gasteiger partial charge in [0.15, 0.2) is 0 Å². The van der Waals surface area contributed by atoms with Crippen molar-refractivity contribution in [3.63, 3.8) is 0 Å². The van der Waals surface area contributed by atoms with Crippen molar-refractivity contribution in [3.8, 4) is 0 Å². The van der Waals surface area contributed by atoms with E-state index in [9.17, 15) is 0 Å². The minimum Gasteiger partial charge on any atom is -0.309 e. The first kappa shape index (κ1) is 8.49. The van der Waals surface area contributed by atoms with Crippen LogP contribution in [0.5, 0.6) is 0 Å². The summed E-state index contributed by atoms with van der Waals surface area (Å²) in [6, 6.07) is 7.62. The SMILES string of the molecule is Cc1ccc2c(c1)CCNC2C1CC1. The summed E-state index contributed by atoms with van der Waals surface area (Å²) < 4.78 is 0. The zero-order chi connectivity index (χ0) is 9.54. The molecule has 1 aliphatic heterocycles. The highest BCUT2D eigenvalue weighted by Crippen LogP contribution is 2.43. The lowest BCUT2D eigenvalue weighted by Crippen LogP contribution is -2.31. The smallest absolute Gasteiger partial charge is 0.0351 e. The Kier molecular flexibility index (Phi) is 1.88. The van der Waals surface area contributed by atoms with Gasteiger partial charge in [-0.25, -0.2) is 0 Å². The van der Waals surface area contributed by atoms with Crippen molar-refractivity contribution in [2.75, 3.05) is 6.54 Å². The molecule has 2 aliphatic rings. The fraction of sp³-hybridized carbons (Fsp3) is 0.538. The number of hydrogen-bond donors (Lipinski definition) is 1. The highest BCUT2D eigenvalue weighted by atomic mass is 14.9. The van der Waals surface area contributed by atoms with Crippen LogP contribution in [0.4, 0.5) is 0 Å². The van der Waals surface area contributed by atoms with Gasteiger partial charge in [0, 0.05) is 6.04 Å². The second-order valence-corrected chi connectivity index (χ2v) is 4.72. The second-order valence-electron chi connectivity index (χ2n) is 4.72. The molecule has 1 aliphatic carbocycles. The summed E-state index contributed by atoms with van der Waals surface area (Å²) in [5.41, 5.74) is 4.56. The Balaban J connectivity index is 2.01. The van der Waals surface area contributed by atoms with Crippen LogP contribution in [0.15, 0.2) is 18.2 Å². The fourth-order valence-electron chi connectivity index (χ4n) is 2.58. The molecule has 0 amide bonds. The van der Waals surface area contributed by atoms with Crippen LogP contribution in [-0.4, -0.2) is 6.54 Å². The lowest BCUT2D eigenvalue weighted by Gasteiger charge is -2.27. The molecule has 1 heteroatoms. The fourth-order valence-corrected chi connectivity index (χ4v) is 2.58. The maximum Gasteiger partial charge on any atom is 0.0351 e. The highest BCUT2D eigenvalue weighted by Gasteiger charge is 2.34. The predicted molar refractivity (Wildman–Crippen MR) is 58.4 cm³/mol. The Morgan fingerprint density at radius 1 is 1.29 bits per heavy atom. The van der Waals surface area contributed by atoms with Crippen molar-refractivity contribution in [2.24, 2.45) is 5.92 Å². The van der Waals surface area contributed by atoms with E-state index < -0.39 is 0 Å². The molecule has 1 heterocycles. The van der Waals surface area contributed by atoms with Crippen molar-refractivity contribution in [2.45, 2.75) is 32.2 Å². The van der Waals surface area contributed by atoms with Gasteiger partial charge in [0.05, 0.1) is 0 Å². The van der Waals surface area contributed by atoms with E-state index in [2.05, 4.69) is 30.4 Å². The molecule has 1 aromatic carbocycles. The van der Waals surface area contributed by atoms with Crippen LogP contribution in [-0.2, 0) is 6.42 Å². The summed E-state index contributed by atoms with van der Waals surface area (Å²) in [4.78, 5) is 0. The first-order valence-corrected chi connectivity index (χ1v) is 5.67. The lowest BCUT2D eigenvalue weighted by atomic mass is 9.90. The lowest BCUT2D eigenvalue weighted by molar-refractivity contribution is 0.458. The molecule has 74 valence electrons. The second kappa shape index (κ2) is 3.09. The van der Waals surface area contributed by atoms with Gasteiger partial charge in [0.1, 0.15) is 0 Å². The largest absolute Gasteiger partial charge is 0.309 e. The summed E-state index contributed by atoms with van der Waals surface area (Å²) in [6.07, 6.45) is 4.05. The van der Waals surface area contributed by atoms with E-state index in [0.29, 0.717) is 6.04 Å². The minimum atomic E-state index is 0.666. The quantitative estimate of drug-likeness (QED) is 0.712. The molecule has 1 aromatic rings. The molecule has 0 saturated heterocycles. The van der Waals surface area contributed by atoms with Crippen molar-refractivity contribution in [1.29, 1.82) is 0 Å². The molecule has 1 atom stereocenters. The summed E-state index contributed by atoms with van der Waals surface area (Å²) in [5.74, 6) is 0.928. The third-order valence-corrected chi connectivity index (χ3v) is 3.49.